The van der Waals surface area contributed by atoms with Gasteiger partial charge in [0.2, 0.25) is 5.70 Å². The average molecular weight is 309 g/mol. The van der Waals surface area contributed by atoms with Crippen molar-refractivity contribution in [3.63, 3.8) is 0 Å². The molecule has 7 heteroatoms. The number of methoxy groups -OCH3 is 1. The zero-order valence-electron chi connectivity index (χ0n) is 12.7. The van der Waals surface area contributed by atoms with Gasteiger partial charge in [-0.2, -0.15) is 0 Å². The monoisotopic (exact) mass is 309 g/mol. The predicted molar refractivity (Wildman–Crippen MR) is 78.4 cm³/mol. The molecule has 0 unspecified atom stereocenters. The van der Waals surface area contributed by atoms with Crippen LogP contribution in [0.5, 0.6) is 5.75 Å². The molecule has 7 nitrogen and oxygen atoms in total. The molecule has 1 aromatic rings. The van der Waals surface area contributed by atoms with Crippen LogP contribution in [0.4, 0.5) is 0 Å². The number of rotatable bonds is 7. The molecule has 120 valence electrons. The summed E-state index contributed by atoms with van der Waals surface area (Å²) in [6.07, 6.45) is 0. The van der Waals surface area contributed by atoms with Crippen LogP contribution < -0.4 is 10.1 Å². The molecule has 22 heavy (non-hydrogen) atoms. The van der Waals surface area contributed by atoms with Gasteiger partial charge in [0.1, 0.15) is 5.75 Å². The molecule has 0 aliphatic rings. The van der Waals surface area contributed by atoms with Gasteiger partial charge in [0.25, 0.3) is 5.91 Å². The van der Waals surface area contributed by atoms with Gasteiger partial charge in [0, 0.05) is 5.56 Å². The molecular weight excluding hydrogens is 290 g/mol. The Morgan fingerprint density at radius 1 is 1.09 bits per heavy atom. The van der Waals surface area contributed by atoms with Gasteiger partial charge in [0.15, 0.2) is 0 Å². The standard InChI is InChI=1S/C15H19NO6/c1-4-21-14(18)12(15(19)22-5-2)16-13(17)10-6-8-11(20-3)9-7-10/h6-9,18H,4-5H2,1-3H3,(H,16,17)/b14-12+. The Morgan fingerprint density at radius 2 is 1.68 bits per heavy atom. The van der Waals surface area contributed by atoms with Crippen molar-refractivity contribution in [1.29, 1.82) is 0 Å². The third-order valence-electron chi connectivity index (χ3n) is 2.57. The maximum atomic E-state index is 12.1. The number of hydrogen-bond acceptors (Lipinski definition) is 6. The zero-order valence-corrected chi connectivity index (χ0v) is 12.7. The summed E-state index contributed by atoms with van der Waals surface area (Å²) in [6, 6.07) is 6.25. The number of benzene rings is 1. The van der Waals surface area contributed by atoms with Gasteiger partial charge < -0.3 is 24.6 Å². The molecule has 0 bridgehead atoms. The van der Waals surface area contributed by atoms with Gasteiger partial charge in [-0.25, -0.2) is 4.79 Å². The molecule has 0 aromatic heterocycles. The van der Waals surface area contributed by atoms with Gasteiger partial charge >= 0.3 is 11.9 Å². The molecule has 1 rings (SSSR count). The normalized spacial score (nSPS) is 11.2. The van der Waals surface area contributed by atoms with E-state index in [1.165, 1.54) is 19.2 Å². The first-order chi connectivity index (χ1) is 10.5. The maximum absolute atomic E-state index is 12.1. The molecule has 2 N–H and O–H groups in total. The lowest BCUT2D eigenvalue weighted by molar-refractivity contribution is -0.139. The summed E-state index contributed by atoms with van der Waals surface area (Å²) in [7, 11) is 1.51. The van der Waals surface area contributed by atoms with Crippen LogP contribution in [0.25, 0.3) is 0 Å². The number of carbonyl (C=O) groups is 2. The molecule has 0 radical (unpaired) electrons. The van der Waals surface area contributed by atoms with E-state index in [9.17, 15) is 14.7 Å². The van der Waals surface area contributed by atoms with E-state index in [1.54, 1.807) is 26.0 Å². The van der Waals surface area contributed by atoms with E-state index in [0.29, 0.717) is 5.75 Å². The van der Waals surface area contributed by atoms with E-state index >= 15 is 0 Å². The van der Waals surface area contributed by atoms with Crippen LogP contribution in [-0.2, 0) is 14.3 Å². The summed E-state index contributed by atoms with van der Waals surface area (Å²) < 4.78 is 14.6. The molecule has 0 aliphatic carbocycles. The Kier molecular flexibility index (Phi) is 6.75. The smallest absolute Gasteiger partial charge is 0.362 e. The van der Waals surface area contributed by atoms with Gasteiger partial charge in [0.05, 0.1) is 20.3 Å². The van der Waals surface area contributed by atoms with Crippen LogP contribution in [0.1, 0.15) is 24.2 Å². The summed E-state index contributed by atoms with van der Waals surface area (Å²) in [4.78, 5) is 23.9. The first-order valence-corrected chi connectivity index (χ1v) is 6.72. The lowest BCUT2D eigenvalue weighted by Crippen LogP contribution is -2.30. The highest BCUT2D eigenvalue weighted by atomic mass is 16.6. The van der Waals surface area contributed by atoms with Gasteiger partial charge in [-0.1, -0.05) is 0 Å². The van der Waals surface area contributed by atoms with Crippen LogP contribution in [0, 0.1) is 0 Å². The van der Waals surface area contributed by atoms with Crippen molar-refractivity contribution in [2.45, 2.75) is 13.8 Å². The van der Waals surface area contributed by atoms with Crippen molar-refractivity contribution in [2.24, 2.45) is 0 Å². The Labute approximate surface area is 128 Å². The second-order valence-electron chi connectivity index (χ2n) is 4.02. The second kappa shape index (κ2) is 8.56. The highest BCUT2D eigenvalue weighted by Crippen LogP contribution is 2.12. The minimum atomic E-state index is -0.879. The average Bonchev–Trinajstić information content (AvgIpc) is 2.52. The fourth-order valence-corrected chi connectivity index (χ4v) is 1.53. The molecule has 1 amide bonds. The number of ether oxygens (including phenoxy) is 3. The number of aliphatic hydroxyl groups excluding tert-OH is 1. The molecule has 0 fully saturated rings. The molecule has 0 aliphatic heterocycles. The van der Waals surface area contributed by atoms with Crippen molar-refractivity contribution < 1.29 is 28.9 Å². The number of carbonyl (C=O) groups excluding carboxylic acids is 2. The molecular formula is C15H19NO6. The SMILES string of the molecule is CCOC(=O)/C(NC(=O)c1ccc(OC)cc1)=C(/O)OCC. The molecule has 0 saturated carbocycles. The lowest BCUT2D eigenvalue weighted by atomic mass is 10.2. The van der Waals surface area contributed by atoms with E-state index in [-0.39, 0.29) is 18.8 Å². The van der Waals surface area contributed by atoms with E-state index in [1.807, 2.05) is 0 Å². The third kappa shape index (κ3) is 4.69. The minimum absolute atomic E-state index is 0.0974. The summed E-state index contributed by atoms with van der Waals surface area (Å²) in [5, 5.41) is 12.0. The van der Waals surface area contributed by atoms with E-state index < -0.39 is 23.5 Å². The van der Waals surface area contributed by atoms with E-state index in [0.717, 1.165) is 0 Å². The van der Waals surface area contributed by atoms with Crippen molar-refractivity contribution >= 4 is 11.9 Å². The molecule has 0 heterocycles. The molecule has 1 aromatic carbocycles. The highest BCUT2D eigenvalue weighted by Gasteiger charge is 2.21. The van der Waals surface area contributed by atoms with Crippen LogP contribution in [-0.4, -0.2) is 37.3 Å². The maximum Gasteiger partial charge on any atom is 0.362 e. The first kappa shape index (κ1) is 17.4. The van der Waals surface area contributed by atoms with Gasteiger partial charge in [-0.3, -0.25) is 4.79 Å². The van der Waals surface area contributed by atoms with E-state index in [2.05, 4.69) is 5.32 Å². The second-order valence-corrected chi connectivity index (χ2v) is 4.02. The topological polar surface area (TPSA) is 94.1 Å². The summed E-state index contributed by atoms with van der Waals surface area (Å²) in [5.74, 6) is -1.56. The van der Waals surface area contributed by atoms with Crippen molar-refractivity contribution in [1.82, 2.24) is 5.32 Å². The van der Waals surface area contributed by atoms with Crippen LogP contribution in [0.15, 0.2) is 35.9 Å². The fraction of sp³-hybridized carbons (Fsp3) is 0.333. The van der Waals surface area contributed by atoms with Crippen LogP contribution in [0.3, 0.4) is 0 Å². The highest BCUT2D eigenvalue weighted by molar-refractivity contribution is 6.01. The Balaban J connectivity index is 2.94. The Morgan fingerprint density at radius 3 is 2.18 bits per heavy atom. The third-order valence-corrected chi connectivity index (χ3v) is 2.57. The van der Waals surface area contributed by atoms with Crippen molar-refractivity contribution in [3.05, 3.63) is 41.5 Å². The van der Waals surface area contributed by atoms with Crippen molar-refractivity contribution in [3.8, 4) is 5.75 Å². The number of nitrogens with one attached hydrogen (secondary N) is 1. The van der Waals surface area contributed by atoms with Gasteiger partial charge in [-0.15, -0.1) is 0 Å². The Hall–Kier alpha value is -2.70. The van der Waals surface area contributed by atoms with Crippen LogP contribution in [0.2, 0.25) is 0 Å². The quantitative estimate of drug-likeness (QED) is 0.453. The largest absolute Gasteiger partial charge is 0.497 e. The summed E-state index contributed by atoms with van der Waals surface area (Å²) in [5.41, 5.74) is -0.156. The van der Waals surface area contributed by atoms with Crippen LogP contribution >= 0.6 is 0 Å². The summed E-state index contributed by atoms with van der Waals surface area (Å²) >= 11 is 0. The summed E-state index contributed by atoms with van der Waals surface area (Å²) in [6.45, 7) is 3.47. The fourth-order valence-electron chi connectivity index (χ4n) is 1.53. The number of amides is 1. The number of hydrogen-bond donors (Lipinski definition) is 2. The molecule has 0 spiro atoms. The minimum Gasteiger partial charge on any atom is -0.497 e. The molecule has 0 atom stereocenters. The number of aliphatic hydroxyl groups is 1. The van der Waals surface area contributed by atoms with Gasteiger partial charge in [-0.05, 0) is 38.1 Å². The Bertz CT molecular complexity index is 550. The number of esters is 1. The first-order valence-electron chi connectivity index (χ1n) is 6.72. The molecule has 0 saturated heterocycles. The van der Waals surface area contributed by atoms with E-state index in [4.69, 9.17) is 14.2 Å². The lowest BCUT2D eigenvalue weighted by Gasteiger charge is -2.11. The zero-order chi connectivity index (χ0) is 16.5. The predicted octanol–water partition coefficient (Wildman–Crippen LogP) is 1.75. The van der Waals surface area contributed by atoms with Crippen molar-refractivity contribution in [2.75, 3.05) is 20.3 Å².